The molecule has 0 radical (unpaired) electrons. The molecule has 94 valence electrons. The van der Waals surface area contributed by atoms with Crippen LogP contribution in [0.4, 0.5) is 11.4 Å². The van der Waals surface area contributed by atoms with E-state index >= 15 is 0 Å². The molecule has 0 aliphatic carbocycles. The maximum Gasteiger partial charge on any atom is 0.335 e. The first-order chi connectivity index (χ1) is 8.56. The highest BCUT2D eigenvalue weighted by Gasteiger charge is 2.06. The Hall–Kier alpha value is -2.50. The summed E-state index contributed by atoms with van der Waals surface area (Å²) in [5, 5.41) is 16.1. The van der Waals surface area contributed by atoms with Crippen molar-refractivity contribution < 1.29 is 9.90 Å². The SMILES string of the molecule is Cn1cc(CNc2cc(C(=O)O)ccc2N)cn1. The minimum atomic E-state index is -0.973. The van der Waals surface area contributed by atoms with Crippen molar-refractivity contribution in [2.24, 2.45) is 7.05 Å². The van der Waals surface area contributed by atoms with E-state index in [1.807, 2.05) is 13.2 Å². The van der Waals surface area contributed by atoms with Gasteiger partial charge in [0.25, 0.3) is 0 Å². The molecule has 1 aromatic heterocycles. The summed E-state index contributed by atoms with van der Waals surface area (Å²) in [6, 6.07) is 4.58. The average Bonchev–Trinajstić information content (AvgIpc) is 2.74. The molecule has 0 atom stereocenters. The van der Waals surface area contributed by atoms with Gasteiger partial charge in [-0.15, -0.1) is 0 Å². The van der Waals surface area contributed by atoms with E-state index in [0.29, 0.717) is 17.9 Å². The zero-order valence-corrected chi connectivity index (χ0v) is 9.92. The number of nitrogens with zero attached hydrogens (tertiary/aromatic N) is 2. The monoisotopic (exact) mass is 246 g/mol. The molecule has 0 fully saturated rings. The number of hydrogen-bond donors (Lipinski definition) is 3. The second kappa shape index (κ2) is 4.79. The van der Waals surface area contributed by atoms with E-state index < -0.39 is 5.97 Å². The van der Waals surface area contributed by atoms with Crippen LogP contribution in [-0.4, -0.2) is 20.9 Å². The number of nitrogen functional groups attached to an aromatic ring is 1. The van der Waals surface area contributed by atoms with Crippen molar-refractivity contribution in [2.75, 3.05) is 11.1 Å². The molecule has 0 bridgehead atoms. The third-order valence-corrected chi connectivity index (χ3v) is 2.54. The molecule has 0 spiro atoms. The van der Waals surface area contributed by atoms with E-state index in [4.69, 9.17) is 10.8 Å². The lowest BCUT2D eigenvalue weighted by atomic mass is 10.1. The summed E-state index contributed by atoms with van der Waals surface area (Å²) in [5.41, 5.74) is 8.11. The Balaban J connectivity index is 2.13. The first-order valence-electron chi connectivity index (χ1n) is 5.40. The van der Waals surface area contributed by atoms with Gasteiger partial charge < -0.3 is 16.2 Å². The fourth-order valence-electron chi connectivity index (χ4n) is 1.60. The average molecular weight is 246 g/mol. The molecule has 0 saturated carbocycles. The van der Waals surface area contributed by atoms with Crippen LogP contribution >= 0.6 is 0 Å². The number of nitrogens with two attached hydrogens (primary N) is 1. The van der Waals surface area contributed by atoms with E-state index in [0.717, 1.165) is 5.56 Å². The summed E-state index contributed by atoms with van der Waals surface area (Å²) in [4.78, 5) is 10.9. The van der Waals surface area contributed by atoms with Crippen LogP contribution in [-0.2, 0) is 13.6 Å². The van der Waals surface area contributed by atoms with Gasteiger partial charge in [-0.2, -0.15) is 5.10 Å². The molecule has 2 rings (SSSR count). The van der Waals surface area contributed by atoms with Gasteiger partial charge in [0.1, 0.15) is 0 Å². The maximum atomic E-state index is 10.9. The smallest absolute Gasteiger partial charge is 0.335 e. The third kappa shape index (κ3) is 2.60. The number of nitrogens with one attached hydrogen (secondary N) is 1. The number of carboxylic acids is 1. The molecular formula is C12H14N4O2. The Morgan fingerprint density at radius 2 is 2.33 bits per heavy atom. The van der Waals surface area contributed by atoms with Crippen LogP contribution in [0.5, 0.6) is 0 Å². The number of aromatic nitrogens is 2. The maximum absolute atomic E-state index is 10.9. The van der Waals surface area contributed by atoms with Crippen LogP contribution in [0, 0.1) is 0 Å². The number of carbonyl (C=O) groups is 1. The van der Waals surface area contributed by atoms with Gasteiger partial charge >= 0.3 is 5.97 Å². The highest BCUT2D eigenvalue weighted by Crippen LogP contribution is 2.20. The summed E-state index contributed by atoms with van der Waals surface area (Å²) in [6.07, 6.45) is 3.62. The highest BCUT2D eigenvalue weighted by atomic mass is 16.4. The van der Waals surface area contributed by atoms with Crippen LogP contribution in [0.15, 0.2) is 30.6 Å². The van der Waals surface area contributed by atoms with Crippen molar-refractivity contribution >= 4 is 17.3 Å². The fourth-order valence-corrected chi connectivity index (χ4v) is 1.60. The van der Waals surface area contributed by atoms with Gasteiger partial charge in [0.15, 0.2) is 0 Å². The van der Waals surface area contributed by atoms with Gasteiger partial charge in [0, 0.05) is 25.4 Å². The summed E-state index contributed by atoms with van der Waals surface area (Å²) in [5.74, 6) is -0.973. The third-order valence-electron chi connectivity index (χ3n) is 2.54. The molecule has 0 aliphatic heterocycles. The molecule has 18 heavy (non-hydrogen) atoms. The van der Waals surface area contributed by atoms with Crippen molar-refractivity contribution in [3.63, 3.8) is 0 Å². The Bertz CT molecular complexity index is 577. The number of rotatable bonds is 4. The largest absolute Gasteiger partial charge is 0.478 e. The molecule has 0 saturated heterocycles. The van der Waals surface area contributed by atoms with Crippen LogP contribution in [0.25, 0.3) is 0 Å². The molecule has 4 N–H and O–H groups in total. The second-order valence-electron chi connectivity index (χ2n) is 3.98. The number of carboxylic acid groups (broad SMARTS) is 1. The van der Waals surface area contributed by atoms with Gasteiger partial charge in [-0.25, -0.2) is 4.79 Å². The van der Waals surface area contributed by atoms with Crippen molar-refractivity contribution in [3.8, 4) is 0 Å². The lowest BCUT2D eigenvalue weighted by molar-refractivity contribution is 0.0697. The highest BCUT2D eigenvalue weighted by molar-refractivity contribution is 5.90. The van der Waals surface area contributed by atoms with E-state index in [1.54, 1.807) is 16.9 Å². The molecule has 6 heteroatoms. The minimum Gasteiger partial charge on any atom is -0.478 e. The van der Waals surface area contributed by atoms with Gasteiger partial charge in [-0.3, -0.25) is 4.68 Å². The van der Waals surface area contributed by atoms with E-state index in [1.165, 1.54) is 12.1 Å². The molecular weight excluding hydrogens is 232 g/mol. The number of aryl methyl sites for hydroxylation is 1. The zero-order chi connectivity index (χ0) is 13.1. The minimum absolute atomic E-state index is 0.206. The number of benzene rings is 1. The Morgan fingerprint density at radius 1 is 1.56 bits per heavy atom. The van der Waals surface area contributed by atoms with Gasteiger partial charge in [-0.05, 0) is 18.2 Å². The molecule has 0 amide bonds. The van der Waals surface area contributed by atoms with Gasteiger partial charge in [0.2, 0.25) is 0 Å². The zero-order valence-electron chi connectivity index (χ0n) is 9.92. The van der Waals surface area contributed by atoms with Crippen LogP contribution in [0.3, 0.4) is 0 Å². The summed E-state index contributed by atoms with van der Waals surface area (Å²) >= 11 is 0. The predicted octanol–water partition coefficient (Wildman–Crippen LogP) is 1.31. The van der Waals surface area contributed by atoms with Crippen LogP contribution in [0.2, 0.25) is 0 Å². The topological polar surface area (TPSA) is 93.2 Å². The molecule has 1 heterocycles. The van der Waals surface area contributed by atoms with Crippen molar-refractivity contribution in [3.05, 3.63) is 41.7 Å². The van der Waals surface area contributed by atoms with Gasteiger partial charge in [-0.1, -0.05) is 0 Å². The summed E-state index contributed by atoms with van der Waals surface area (Å²) in [7, 11) is 1.84. The number of hydrogen-bond acceptors (Lipinski definition) is 4. The van der Waals surface area contributed by atoms with E-state index in [2.05, 4.69) is 10.4 Å². The summed E-state index contributed by atoms with van der Waals surface area (Å²) in [6.45, 7) is 0.543. The van der Waals surface area contributed by atoms with E-state index in [-0.39, 0.29) is 5.56 Å². The first kappa shape index (κ1) is 12.0. The molecule has 6 nitrogen and oxygen atoms in total. The van der Waals surface area contributed by atoms with Crippen molar-refractivity contribution in [1.29, 1.82) is 0 Å². The number of anilines is 2. The Kier molecular flexibility index (Phi) is 3.18. The van der Waals surface area contributed by atoms with Crippen molar-refractivity contribution in [1.82, 2.24) is 9.78 Å². The fraction of sp³-hybridized carbons (Fsp3) is 0.167. The Labute approximate surface area is 104 Å². The Morgan fingerprint density at radius 3 is 2.94 bits per heavy atom. The molecule has 0 unspecified atom stereocenters. The second-order valence-corrected chi connectivity index (χ2v) is 3.98. The van der Waals surface area contributed by atoms with Crippen LogP contribution < -0.4 is 11.1 Å². The number of aromatic carboxylic acids is 1. The predicted molar refractivity (Wildman–Crippen MR) is 68.3 cm³/mol. The molecule has 0 aliphatic rings. The standard InChI is InChI=1S/C12H14N4O2/c1-16-7-8(6-15-16)5-14-11-4-9(12(17)18)2-3-10(11)13/h2-4,6-7,14H,5,13H2,1H3,(H,17,18). The summed E-state index contributed by atoms with van der Waals surface area (Å²) < 4.78 is 1.70. The first-order valence-corrected chi connectivity index (χ1v) is 5.40. The normalized spacial score (nSPS) is 10.3. The van der Waals surface area contributed by atoms with E-state index in [9.17, 15) is 4.79 Å². The van der Waals surface area contributed by atoms with Crippen molar-refractivity contribution in [2.45, 2.75) is 6.54 Å². The molecule has 2 aromatic rings. The lowest BCUT2D eigenvalue weighted by Gasteiger charge is -2.09. The van der Waals surface area contributed by atoms with Crippen LogP contribution in [0.1, 0.15) is 15.9 Å². The van der Waals surface area contributed by atoms with Gasteiger partial charge in [0.05, 0.1) is 23.1 Å². The quantitative estimate of drug-likeness (QED) is 0.707. The lowest BCUT2D eigenvalue weighted by Crippen LogP contribution is -2.04. The molecule has 1 aromatic carbocycles.